The van der Waals surface area contributed by atoms with E-state index in [1.54, 1.807) is 0 Å². The third-order valence-electron chi connectivity index (χ3n) is 5.06. The van der Waals surface area contributed by atoms with Gasteiger partial charge in [-0.1, -0.05) is 12.1 Å². The molecule has 6 heteroatoms. The Morgan fingerprint density at radius 3 is 2.82 bits per heavy atom. The second-order valence-corrected chi connectivity index (χ2v) is 7.79. The van der Waals surface area contributed by atoms with E-state index in [2.05, 4.69) is 42.7 Å². The molecule has 1 saturated carbocycles. The number of aryl methyl sites for hydroxylation is 1. The number of nitrogens with one attached hydrogen (secondary N) is 2. The lowest BCUT2D eigenvalue weighted by Crippen LogP contribution is -2.39. The van der Waals surface area contributed by atoms with E-state index < -0.39 is 0 Å². The lowest BCUT2D eigenvalue weighted by atomic mass is 10.1. The van der Waals surface area contributed by atoms with Gasteiger partial charge in [-0.2, -0.15) is 0 Å². The Morgan fingerprint density at radius 1 is 1.18 bits per heavy atom. The summed E-state index contributed by atoms with van der Waals surface area (Å²) in [4.78, 5) is 4.73. The van der Waals surface area contributed by atoms with E-state index in [1.165, 1.54) is 18.4 Å². The smallest absolute Gasteiger partial charge is 0.191 e. The van der Waals surface area contributed by atoms with Crippen LogP contribution in [0.25, 0.3) is 0 Å². The van der Waals surface area contributed by atoms with Crippen LogP contribution in [-0.4, -0.2) is 52.1 Å². The summed E-state index contributed by atoms with van der Waals surface area (Å²) in [7, 11) is 0. The van der Waals surface area contributed by atoms with Crippen LogP contribution in [0.2, 0.25) is 0 Å². The quantitative estimate of drug-likeness (QED) is 0.346. The molecule has 1 heterocycles. The van der Waals surface area contributed by atoms with Gasteiger partial charge in [0.05, 0.1) is 26.4 Å². The van der Waals surface area contributed by atoms with Crippen LogP contribution < -0.4 is 15.4 Å². The Balaban J connectivity index is 1.50. The molecule has 2 N–H and O–H groups in total. The summed E-state index contributed by atoms with van der Waals surface area (Å²) in [5, 5.41) is 6.65. The van der Waals surface area contributed by atoms with Gasteiger partial charge in [0.1, 0.15) is 5.75 Å². The Labute approximate surface area is 169 Å². The SMILES string of the molecule is CCNC(=NCc1ccc(C)cc1OCC1CCOC1)NCCOCC1CC1. The van der Waals surface area contributed by atoms with Gasteiger partial charge in [-0.05, 0) is 50.7 Å². The van der Waals surface area contributed by atoms with Gasteiger partial charge in [0.2, 0.25) is 0 Å². The number of nitrogens with zero attached hydrogens (tertiary/aromatic N) is 1. The van der Waals surface area contributed by atoms with Gasteiger partial charge in [0.25, 0.3) is 0 Å². The average molecular weight is 390 g/mol. The number of rotatable bonds is 11. The van der Waals surface area contributed by atoms with Crippen LogP contribution in [0.3, 0.4) is 0 Å². The van der Waals surface area contributed by atoms with Crippen LogP contribution >= 0.6 is 0 Å². The van der Waals surface area contributed by atoms with Crippen LogP contribution in [0, 0.1) is 18.8 Å². The topological polar surface area (TPSA) is 64.1 Å². The van der Waals surface area contributed by atoms with Crippen molar-refractivity contribution in [3.05, 3.63) is 29.3 Å². The molecule has 0 bridgehead atoms. The predicted octanol–water partition coefficient (Wildman–Crippen LogP) is 2.89. The summed E-state index contributed by atoms with van der Waals surface area (Å²) >= 11 is 0. The van der Waals surface area contributed by atoms with Crippen LogP contribution in [0.4, 0.5) is 0 Å². The van der Waals surface area contributed by atoms with E-state index in [0.29, 0.717) is 25.7 Å². The Kier molecular flexibility index (Phi) is 8.42. The summed E-state index contributed by atoms with van der Waals surface area (Å²) in [5.74, 6) is 3.04. The fourth-order valence-electron chi connectivity index (χ4n) is 3.13. The van der Waals surface area contributed by atoms with Crippen molar-refractivity contribution in [3.8, 4) is 5.75 Å². The van der Waals surface area contributed by atoms with E-state index >= 15 is 0 Å². The van der Waals surface area contributed by atoms with Crippen molar-refractivity contribution < 1.29 is 14.2 Å². The highest BCUT2D eigenvalue weighted by molar-refractivity contribution is 5.79. The van der Waals surface area contributed by atoms with Gasteiger partial charge in [0, 0.05) is 37.8 Å². The lowest BCUT2D eigenvalue weighted by molar-refractivity contribution is 0.129. The highest BCUT2D eigenvalue weighted by atomic mass is 16.5. The molecule has 1 aliphatic carbocycles. The summed E-state index contributed by atoms with van der Waals surface area (Å²) in [5.41, 5.74) is 2.30. The van der Waals surface area contributed by atoms with Gasteiger partial charge in [0.15, 0.2) is 5.96 Å². The molecule has 1 unspecified atom stereocenters. The molecule has 156 valence electrons. The van der Waals surface area contributed by atoms with Crippen LogP contribution in [0.15, 0.2) is 23.2 Å². The van der Waals surface area contributed by atoms with Crippen molar-refractivity contribution in [1.82, 2.24) is 10.6 Å². The fourth-order valence-corrected chi connectivity index (χ4v) is 3.13. The van der Waals surface area contributed by atoms with Crippen molar-refractivity contribution in [1.29, 1.82) is 0 Å². The number of hydrogen-bond donors (Lipinski definition) is 2. The zero-order valence-corrected chi connectivity index (χ0v) is 17.3. The Hall–Kier alpha value is -1.79. The summed E-state index contributed by atoms with van der Waals surface area (Å²) in [6.45, 7) is 10.3. The Morgan fingerprint density at radius 2 is 2.07 bits per heavy atom. The lowest BCUT2D eigenvalue weighted by Gasteiger charge is -2.15. The fraction of sp³-hybridized carbons (Fsp3) is 0.682. The highest BCUT2D eigenvalue weighted by Gasteiger charge is 2.21. The first-order valence-corrected chi connectivity index (χ1v) is 10.6. The molecular weight excluding hydrogens is 354 g/mol. The molecule has 0 spiro atoms. The maximum absolute atomic E-state index is 6.13. The first-order valence-electron chi connectivity index (χ1n) is 10.6. The maximum atomic E-state index is 6.13. The number of hydrogen-bond acceptors (Lipinski definition) is 4. The molecule has 1 aromatic carbocycles. The Bertz CT molecular complexity index is 625. The molecule has 6 nitrogen and oxygen atoms in total. The number of guanidine groups is 1. The van der Waals surface area contributed by atoms with Crippen molar-refractivity contribution in [2.75, 3.05) is 46.1 Å². The maximum Gasteiger partial charge on any atom is 0.191 e. The first kappa shape index (κ1) is 20.9. The van der Waals surface area contributed by atoms with Gasteiger partial charge >= 0.3 is 0 Å². The molecule has 28 heavy (non-hydrogen) atoms. The first-order chi connectivity index (χ1) is 13.7. The minimum atomic E-state index is 0.492. The van der Waals surface area contributed by atoms with Crippen LogP contribution in [0.5, 0.6) is 5.75 Å². The van der Waals surface area contributed by atoms with Crippen molar-refractivity contribution >= 4 is 5.96 Å². The molecular formula is C22H35N3O3. The molecule has 3 rings (SSSR count). The second-order valence-electron chi connectivity index (χ2n) is 7.79. The zero-order valence-electron chi connectivity index (χ0n) is 17.3. The number of aliphatic imine (C=N–C) groups is 1. The third-order valence-corrected chi connectivity index (χ3v) is 5.06. The van der Waals surface area contributed by atoms with E-state index in [9.17, 15) is 0 Å². The van der Waals surface area contributed by atoms with Crippen molar-refractivity contribution in [2.45, 2.75) is 39.7 Å². The van der Waals surface area contributed by atoms with E-state index in [4.69, 9.17) is 19.2 Å². The molecule has 1 atom stereocenters. The summed E-state index contributed by atoms with van der Waals surface area (Å²) in [6.07, 6.45) is 3.73. The van der Waals surface area contributed by atoms with Crippen molar-refractivity contribution in [2.24, 2.45) is 16.8 Å². The van der Waals surface area contributed by atoms with Crippen LogP contribution in [0.1, 0.15) is 37.3 Å². The molecule has 1 aromatic rings. The summed E-state index contributed by atoms with van der Waals surface area (Å²) in [6, 6.07) is 6.33. The molecule has 0 radical (unpaired) electrons. The average Bonchev–Trinajstić information content (AvgIpc) is 3.37. The molecule has 2 fully saturated rings. The molecule has 0 aromatic heterocycles. The third kappa shape index (κ3) is 7.32. The summed E-state index contributed by atoms with van der Waals surface area (Å²) < 4.78 is 17.3. The highest BCUT2D eigenvalue weighted by Crippen LogP contribution is 2.28. The number of ether oxygens (including phenoxy) is 3. The van der Waals surface area contributed by atoms with E-state index in [0.717, 1.165) is 62.5 Å². The zero-order chi connectivity index (χ0) is 19.6. The second kappa shape index (κ2) is 11.3. The normalized spacial score (nSPS) is 19.6. The van der Waals surface area contributed by atoms with Crippen LogP contribution in [-0.2, 0) is 16.0 Å². The van der Waals surface area contributed by atoms with E-state index in [1.807, 2.05) is 0 Å². The number of benzene rings is 1. The minimum Gasteiger partial charge on any atom is -0.493 e. The molecule has 0 amide bonds. The molecule has 1 saturated heterocycles. The molecule has 1 aliphatic heterocycles. The van der Waals surface area contributed by atoms with Gasteiger partial charge in [-0.25, -0.2) is 4.99 Å². The standard InChI is InChI=1S/C22H35N3O3/c1-3-23-22(24-9-11-27-14-18-5-6-18)25-13-20-7-4-17(2)12-21(20)28-16-19-8-10-26-15-19/h4,7,12,18-19H,3,5-6,8-11,13-16H2,1-2H3,(H2,23,24,25). The van der Waals surface area contributed by atoms with Gasteiger partial charge in [-0.3, -0.25) is 0 Å². The monoisotopic (exact) mass is 389 g/mol. The van der Waals surface area contributed by atoms with Crippen molar-refractivity contribution in [3.63, 3.8) is 0 Å². The van der Waals surface area contributed by atoms with E-state index in [-0.39, 0.29) is 0 Å². The predicted molar refractivity (Wildman–Crippen MR) is 112 cm³/mol. The largest absolute Gasteiger partial charge is 0.493 e. The van der Waals surface area contributed by atoms with Gasteiger partial charge < -0.3 is 24.8 Å². The minimum absolute atomic E-state index is 0.492. The van der Waals surface area contributed by atoms with Gasteiger partial charge in [-0.15, -0.1) is 0 Å². The molecule has 2 aliphatic rings.